The topological polar surface area (TPSA) is 63.3 Å². The van der Waals surface area contributed by atoms with Crippen molar-refractivity contribution in [2.75, 3.05) is 0 Å². The molecule has 0 saturated heterocycles. The Labute approximate surface area is 86.3 Å². The van der Waals surface area contributed by atoms with Gasteiger partial charge in [0.25, 0.3) is 0 Å². The molecule has 0 saturated carbocycles. The number of alkyl halides is 3. The van der Waals surface area contributed by atoms with Crippen molar-refractivity contribution in [1.29, 1.82) is 0 Å². The van der Waals surface area contributed by atoms with Gasteiger partial charge in [0, 0.05) is 0 Å². The highest BCUT2D eigenvalue weighted by Gasteiger charge is 2.38. The van der Waals surface area contributed by atoms with Crippen LogP contribution in [0.2, 0.25) is 0 Å². The molecule has 0 aliphatic rings. The fourth-order valence-electron chi connectivity index (χ4n) is 1.24. The molecule has 2 rings (SSSR count). The Kier molecular flexibility index (Phi) is 2.11. The summed E-state index contributed by atoms with van der Waals surface area (Å²) in [5.41, 5.74) is -0.827. The van der Waals surface area contributed by atoms with Gasteiger partial charge in [-0.15, -0.1) is 0 Å². The van der Waals surface area contributed by atoms with Gasteiger partial charge in [-0.05, 0) is 12.1 Å². The van der Waals surface area contributed by atoms with Crippen molar-refractivity contribution in [3.63, 3.8) is 0 Å². The average Bonchev–Trinajstić information content (AvgIpc) is 2.59. The molecule has 1 N–H and O–H groups in total. The number of benzene rings is 1. The van der Waals surface area contributed by atoms with Crippen LogP contribution in [0.25, 0.3) is 11.1 Å². The van der Waals surface area contributed by atoms with Gasteiger partial charge in [-0.25, -0.2) is 9.78 Å². The molecule has 0 aliphatic heterocycles. The highest BCUT2D eigenvalue weighted by atomic mass is 19.4. The molecule has 1 aromatic carbocycles. The summed E-state index contributed by atoms with van der Waals surface area (Å²) in [6.07, 6.45) is -4.73. The van der Waals surface area contributed by atoms with Crippen LogP contribution >= 0.6 is 0 Å². The molecule has 0 bridgehead atoms. The molecule has 84 valence electrons. The minimum atomic E-state index is -4.73. The lowest BCUT2D eigenvalue weighted by Crippen LogP contribution is -2.05. The molecule has 7 heteroatoms. The fourth-order valence-corrected chi connectivity index (χ4v) is 1.24. The molecule has 0 amide bonds. The van der Waals surface area contributed by atoms with E-state index in [2.05, 4.69) is 9.40 Å². The maximum Gasteiger partial charge on any atom is 0.468 e. The second-order valence-corrected chi connectivity index (χ2v) is 2.97. The quantitative estimate of drug-likeness (QED) is 0.819. The number of rotatable bonds is 1. The summed E-state index contributed by atoms with van der Waals surface area (Å²) in [7, 11) is 0. The highest BCUT2D eigenvalue weighted by molar-refractivity contribution is 6.00. The van der Waals surface area contributed by atoms with Crippen LogP contribution < -0.4 is 0 Å². The van der Waals surface area contributed by atoms with Crippen molar-refractivity contribution in [1.82, 2.24) is 4.98 Å². The molecule has 0 spiro atoms. The lowest BCUT2D eigenvalue weighted by atomic mass is 10.2. The molecular weight excluding hydrogens is 227 g/mol. The number of nitrogens with zero attached hydrogens (tertiary/aromatic N) is 1. The first-order valence-electron chi connectivity index (χ1n) is 4.09. The van der Waals surface area contributed by atoms with Gasteiger partial charge in [0.2, 0.25) is 0 Å². The summed E-state index contributed by atoms with van der Waals surface area (Å²) in [5.74, 6) is -2.80. The zero-order chi connectivity index (χ0) is 11.9. The van der Waals surface area contributed by atoms with E-state index >= 15 is 0 Å². The van der Waals surface area contributed by atoms with Gasteiger partial charge in [0.05, 0.1) is 5.56 Å². The number of carboxylic acids is 1. The summed E-state index contributed by atoms with van der Waals surface area (Å²) in [5, 5.41) is 8.73. The van der Waals surface area contributed by atoms with E-state index < -0.39 is 18.0 Å². The van der Waals surface area contributed by atoms with Gasteiger partial charge in [-0.3, -0.25) is 0 Å². The second-order valence-electron chi connectivity index (χ2n) is 2.97. The number of hydrogen-bond acceptors (Lipinski definition) is 3. The minimum absolute atomic E-state index is 0.202. The van der Waals surface area contributed by atoms with Crippen molar-refractivity contribution in [3.05, 3.63) is 29.7 Å². The van der Waals surface area contributed by atoms with Crippen molar-refractivity contribution >= 4 is 17.1 Å². The summed E-state index contributed by atoms with van der Waals surface area (Å²) in [6.45, 7) is 0. The standard InChI is InChI=1S/C9H4F3NO3/c10-9(11,12)8-13-6-4(7(14)15)2-1-3-5(6)16-8/h1-3H,(H,14,15). The van der Waals surface area contributed by atoms with Crippen LogP contribution in [0.4, 0.5) is 13.2 Å². The highest BCUT2D eigenvalue weighted by Crippen LogP contribution is 2.31. The van der Waals surface area contributed by atoms with Crippen molar-refractivity contribution in [3.8, 4) is 0 Å². The number of para-hydroxylation sites is 1. The molecule has 1 aromatic heterocycles. The Hall–Kier alpha value is -2.05. The molecule has 16 heavy (non-hydrogen) atoms. The van der Waals surface area contributed by atoms with Gasteiger partial charge < -0.3 is 9.52 Å². The zero-order valence-corrected chi connectivity index (χ0v) is 7.58. The van der Waals surface area contributed by atoms with Crippen LogP contribution in [0.3, 0.4) is 0 Å². The van der Waals surface area contributed by atoms with E-state index in [0.717, 1.165) is 6.07 Å². The third-order valence-corrected chi connectivity index (χ3v) is 1.89. The van der Waals surface area contributed by atoms with Gasteiger partial charge in [0.15, 0.2) is 5.58 Å². The smallest absolute Gasteiger partial charge is 0.468 e. The molecule has 4 nitrogen and oxygen atoms in total. The van der Waals surface area contributed by atoms with Gasteiger partial charge in [-0.1, -0.05) is 6.07 Å². The van der Waals surface area contributed by atoms with E-state index in [0.29, 0.717) is 0 Å². The second kappa shape index (κ2) is 3.22. The number of carbonyl (C=O) groups is 1. The van der Waals surface area contributed by atoms with E-state index in [-0.39, 0.29) is 16.7 Å². The van der Waals surface area contributed by atoms with Crippen LogP contribution in [-0.4, -0.2) is 16.1 Å². The van der Waals surface area contributed by atoms with Gasteiger partial charge in [-0.2, -0.15) is 13.2 Å². The molecule has 2 aromatic rings. The number of fused-ring (bicyclic) bond motifs is 1. The summed E-state index contributed by atoms with van der Waals surface area (Å²) in [4.78, 5) is 13.8. The van der Waals surface area contributed by atoms with Crippen LogP contribution in [0.1, 0.15) is 16.2 Å². The third-order valence-electron chi connectivity index (χ3n) is 1.89. The van der Waals surface area contributed by atoms with Crippen LogP contribution in [0, 0.1) is 0 Å². The first kappa shape index (κ1) is 10.5. The van der Waals surface area contributed by atoms with Crippen molar-refractivity contribution in [2.24, 2.45) is 0 Å². The Bertz CT molecular complexity index is 559. The Balaban J connectivity index is 2.71. The normalized spacial score (nSPS) is 11.9. The number of aromatic carboxylic acids is 1. The lowest BCUT2D eigenvalue weighted by Gasteiger charge is -1.97. The number of aromatic nitrogens is 1. The number of oxazole rings is 1. The first-order chi connectivity index (χ1) is 7.39. The Morgan fingerprint density at radius 1 is 1.38 bits per heavy atom. The van der Waals surface area contributed by atoms with Crippen LogP contribution in [-0.2, 0) is 6.18 Å². The van der Waals surface area contributed by atoms with Gasteiger partial charge >= 0.3 is 18.0 Å². The first-order valence-corrected chi connectivity index (χ1v) is 4.09. The van der Waals surface area contributed by atoms with E-state index in [9.17, 15) is 18.0 Å². The monoisotopic (exact) mass is 231 g/mol. The zero-order valence-electron chi connectivity index (χ0n) is 7.58. The van der Waals surface area contributed by atoms with E-state index in [1.54, 1.807) is 0 Å². The number of hydrogen-bond donors (Lipinski definition) is 1. The predicted molar refractivity (Wildman–Crippen MR) is 46.0 cm³/mol. The maximum atomic E-state index is 12.3. The molecule has 0 atom stereocenters. The Morgan fingerprint density at radius 2 is 2.06 bits per heavy atom. The van der Waals surface area contributed by atoms with Crippen LogP contribution in [0.5, 0.6) is 0 Å². The molecule has 0 unspecified atom stereocenters. The van der Waals surface area contributed by atoms with Crippen molar-refractivity contribution < 1.29 is 27.5 Å². The molecule has 1 heterocycles. The van der Waals surface area contributed by atoms with Crippen LogP contribution in [0.15, 0.2) is 22.6 Å². The maximum absolute atomic E-state index is 12.3. The minimum Gasteiger partial charge on any atom is -0.478 e. The molecule has 0 aliphatic carbocycles. The van der Waals surface area contributed by atoms with E-state index in [4.69, 9.17) is 5.11 Å². The molecular formula is C9H4F3NO3. The molecule has 0 radical (unpaired) electrons. The number of halogens is 3. The number of carboxylic acid groups (broad SMARTS) is 1. The largest absolute Gasteiger partial charge is 0.478 e. The summed E-state index contributed by atoms with van der Waals surface area (Å²) in [6, 6.07) is 3.68. The lowest BCUT2D eigenvalue weighted by molar-refractivity contribution is -0.156. The van der Waals surface area contributed by atoms with Crippen molar-refractivity contribution in [2.45, 2.75) is 6.18 Å². The van der Waals surface area contributed by atoms with Gasteiger partial charge in [0.1, 0.15) is 5.52 Å². The Morgan fingerprint density at radius 3 is 2.62 bits per heavy atom. The van der Waals surface area contributed by atoms with E-state index in [1.165, 1.54) is 12.1 Å². The van der Waals surface area contributed by atoms with E-state index in [1.807, 2.05) is 0 Å². The molecule has 0 fully saturated rings. The average molecular weight is 231 g/mol. The summed E-state index contributed by atoms with van der Waals surface area (Å²) < 4.78 is 41.2. The predicted octanol–water partition coefficient (Wildman–Crippen LogP) is 2.54. The summed E-state index contributed by atoms with van der Waals surface area (Å²) >= 11 is 0. The third kappa shape index (κ3) is 1.60. The SMILES string of the molecule is O=C(O)c1cccc2oc(C(F)(F)F)nc12. The fraction of sp³-hybridized carbons (Fsp3) is 0.111.